The number of benzene rings is 1. The summed E-state index contributed by atoms with van der Waals surface area (Å²) in [5.74, 6) is 0.0656. The normalized spacial score (nSPS) is 15.2. The van der Waals surface area contributed by atoms with E-state index in [1.165, 1.54) is 18.2 Å². The summed E-state index contributed by atoms with van der Waals surface area (Å²) in [7, 11) is 0. The first-order chi connectivity index (χ1) is 6.18. The van der Waals surface area contributed by atoms with Crippen molar-refractivity contribution in [1.29, 1.82) is 0 Å². The number of hydrogen-bond acceptors (Lipinski definition) is 1. The molecule has 0 atom stereocenters. The Kier molecular flexibility index (Phi) is 1.87. The molecule has 1 aromatic rings. The van der Waals surface area contributed by atoms with Gasteiger partial charge in [0, 0.05) is 17.5 Å². The number of rotatable bonds is 1. The molecule has 0 bridgehead atoms. The monoisotopic (exact) mass is 182 g/mol. The predicted molar refractivity (Wildman–Crippen MR) is 44.1 cm³/mol. The summed E-state index contributed by atoms with van der Waals surface area (Å²) in [6.07, 6.45) is -1.38. The van der Waals surface area contributed by atoms with E-state index in [1.54, 1.807) is 0 Å². The van der Waals surface area contributed by atoms with Crippen LogP contribution in [-0.2, 0) is 6.42 Å². The van der Waals surface area contributed by atoms with Crippen LogP contribution in [0.2, 0.25) is 0 Å². The molecule has 2 rings (SSSR count). The van der Waals surface area contributed by atoms with Crippen LogP contribution in [-0.4, -0.2) is 5.78 Å². The SMILES string of the molecule is O=C1CCc2cc(C(F)F)ccc21. The third-order valence-electron chi connectivity index (χ3n) is 2.30. The van der Waals surface area contributed by atoms with E-state index >= 15 is 0 Å². The van der Waals surface area contributed by atoms with Crippen LogP contribution in [0.5, 0.6) is 0 Å². The first kappa shape index (κ1) is 8.35. The molecule has 0 saturated heterocycles. The van der Waals surface area contributed by atoms with Gasteiger partial charge < -0.3 is 0 Å². The summed E-state index contributed by atoms with van der Waals surface area (Å²) in [4.78, 5) is 11.2. The van der Waals surface area contributed by atoms with Crippen molar-refractivity contribution in [3.63, 3.8) is 0 Å². The first-order valence-electron chi connectivity index (χ1n) is 4.12. The molecule has 0 aromatic heterocycles. The number of aryl methyl sites for hydroxylation is 1. The Hall–Kier alpha value is -1.25. The Morgan fingerprint density at radius 3 is 2.69 bits per heavy atom. The van der Waals surface area contributed by atoms with Crippen molar-refractivity contribution in [2.75, 3.05) is 0 Å². The highest BCUT2D eigenvalue weighted by atomic mass is 19.3. The zero-order valence-electron chi connectivity index (χ0n) is 6.89. The zero-order chi connectivity index (χ0) is 9.42. The highest BCUT2D eigenvalue weighted by Crippen LogP contribution is 2.27. The third kappa shape index (κ3) is 1.34. The Morgan fingerprint density at radius 2 is 2.00 bits per heavy atom. The highest BCUT2D eigenvalue weighted by Gasteiger charge is 2.20. The number of ketones is 1. The molecule has 1 aromatic carbocycles. The smallest absolute Gasteiger partial charge is 0.263 e. The van der Waals surface area contributed by atoms with Crippen molar-refractivity contribution in [3.8, 4) is 0 Å². The van der Waals surface area contributed by atoms with E-state index in [1.807, 2.05) is 0 Å². The number of carbonyl (C=O) groups is 1. The largest absolute Gasteiger partial charge is 0.294 e. The van der Waals surface area contributed by atoms with Gasteiger partial charge in [-0.05, 0) is 18.1 Å². The minimum absolute atomic E-state index is 0.00782. The molecular weight excluding hydrogens is 174 g/mol. The van der Waals surface area contributed by atoms with Crippen LogP contribution >= 0.6 is 0 Å². The molecule has 0 aliphatic heterocycles. The van der Waals surface area contributed by atoms with E-state index in [2.05, 4.69) is 0 Å². The van der Waals surface area contributed by atoms with Crippen molar-refractivity contribution in [2.45, 2.75) is 19.3 Å². The first-order valence-corrected chi connectivity index (χ1v) is 4.12. The van der Waals surface area contributed by atoms with Crippen LogP contribution in [0.4, 0.5) is 8.78 Å². The molecule has 0 radical (unpaired) electrons. The fourth-order valence-electron chi connectivity index (χ4n) is 1.61. The number of alkyl halides is 2. The fourth-order valence-corrected chi connectivity index (χ4v) is 1.61. The summed E-state index contributed by atoms with van der Waals surface area (Å²) in [6.45, 7) is 0. The molecule has 1 nitrogen and oxygen atoms in total. The molecule has 0 amide bonds. The second-order valence-electron chi connectivity index (χ2n) is 3.14. The average Bonchev–Trinajstić information content (AvgIpc) is 2.47. The lowest BCUT2D eigenvalue weighted by Gasteiger charge is -2.01. The molecule has 0 heterocycles. The molecule has 0 unspecified atom stereocenters. The van der Waals surface area contributed by atoms with Gasteiger partial charge in [0.1, 0.15) is 0 Å². The van der Waals surface area contributed by atoms with Crippen molar-refractivity contribution in [3.05, 3.63) is 34.9 Å². The molecule has 0 spiro atoms. The van der Waals surface area contributed by atoms with Gasteiger partial charge in [-0.3, -0.25) is 4.79 Å². The standard InChI is InChI=1S/C10H8F2O/c11-10(12)7-1-3-8-6(5-7)2-4-9(8)13/h1,3,5,10H,2,4H2. The fraction of sp³-hybridized carbons (Fsp3) is 0.300. The molecule has 1 aliphatic rings. The van der Waals surface area contributed by atoms with Crippen LogP contribution < -0.4 is 0 Å². The van der Waals surface area contributed by atoms with Gasteiger partial charge in [-0.25, -0.2) is 8.78 Å². The van der Waals surface area contributed by atoms with E-state index in [0.29, 0.717) is 18.4 Å². The highest BCUT2D eigenvalue weighted by molar-refractivity contribution is 6.00. The second-order valence-corrected chi connectivity index (χ2v) is 3.14. The van der Waals surface area contributed by atoms with Gasteiger partial charge in [0.05, 0.1) is 0 Å². The summed E-state index contributed by atoms with van der Waals surface area (Å²) in [5, 5.41) is 0. The van der Waals surface area contributed by atoms with Crippen molar-refractivity contribution in [2.24, 2.45) is 0 Å². The minimum Gasteiger partial charge on any atom is -0.294 e. The Morgan fingerprint density at radius 1 is 1.23 bits per heavy atom. The predicted octanol–water partition coefficient (Wildman–Crippen LogP) is 2.75. The van der Waals surface area contributed by atoms with Crippen LogP contribution in [0.3, 0.4) is 0 Å². The van der Waals surface area contributed by atoms with E-state index in [4.69, 9.17) is 0 Å². The molecule has 0 N–H and O–H groups in total. The van der Waals surface area contributed by atoms with E-state index in [9.17, 15) is 13.6 Å². The zero-order valence-corrected chi connectivity index (χ0v) is 6.89. The van der Waals surface area contributed by atoms with Crippen molar-refractivity contribution >= 4 is 5.78 Å². The van der Waals surface area contributed by atoms with Gasteiger partial charge in [-0.15, -0.1) is 0 Å². The molecule has 3 heteroatoms. The van der Waals surface area contributed by atoms with Gasteiger partial charge in [-0.2, -0.15) is 0 Å². The van der Waals surface area contributed by atoms with E-state index in [-0.39, 0.29) is 11.3 Å². The third-order valence-corrected chi connectivity index (χ3v) is 2.30. The van der Waals surface area contributed by atoms with Gasteiger partial charge >= 0.3 is 0 Å². The number of halogens is 2. The average molecular weight is 182 g/mol. The minimum atomic E-state index is -2.44. The lowest BCUT2D eigenvalue weighted by Crippen LogP contribution is -1.92. The molecule has 13 heavy (non-hydrogen) atoms. The molecule has 68 valence electrons. The maximum atomic E-state index is 12.2. The summed E-state index contributed by atoms with van der Waals surface area (Å²) in [6, 6.07) is 4.27. The number of Topliss-reactive ketones (excluding diaryl/α,β-unsaturated/α-hetero) is 1. The maximum absolute atomic E-state index is 12.2. The van der Waals surface area contributed by atoms with Crippen LogP contribution in [0.25, 0.3) is 0 Å². The van der Waals surface area contributed by atoms with Crippen LogP contribution in [0.15, 0.2) is 18.2 Å². The Labute approximate surface area is 74.4 Å². The summed E-state index contributed by atoms with van der Waals surface area (Å²) >= 11 is 0. The topological polar surface area (TPSA) is 17.1 Å². The number of hydrogen-bond donors (Lipinski definition) is 0. The molecule has 1 aliphatic carbocycles. The van der Waals surface area contributed by atoms with E-state index < -0.39 is 6.43 Å². The van der Waals surface area contributed by atoms with Crippen molar-refractivity contribution < 1.29 is 13.6 Å². The van der Waals surface area contributed by atoms with Crippen LogP contribution in [0, 0.1) is 0 Å². The second kappa shape index (κ2) is 2.91. The van der Waals surface area contributed by atoms with Gasteiger partial charge in [-0.1, -0.05) is 12.1 Å². The lowest BCUT2D eigenvalue weighted by molar-refractivity contribution is 0.0994. The number of carbonyl (C=O) groups excluding carboxylic acids is 1. The maximum Gasteiger partial charge on any atom is 0.263 e. The van der Waals surface area contributed by atoms with Crippen molar-refractivity contribution in [1.82, 2.24) is 0 Å². The number of fused-ring (bicyclic) bond motifs is 1. The summed E-state index contributed by atoms with van der Waals surface area (Å²) in [5.41, 5.74) is 1.39. The van der Waals surface area contributed by atoms with Gasteiger partial charge in [0.25, 0.3) is 6.43 Å². The van der Waals surface area contributed by atoms with Gasteiger partial charge in [0.2, 0.25) is 0 Å². The Bertz CT molecular complexity index is 358. The molecule has 0 saturated carbocycles. The quantitative estimate of drug-likeness (QED) is 0.652. The van der Waals surface area contributed by atoms with Gasteiger partial charge in [0.15, 0.2) is 5.78 Å². The lowest BCUT2D eigenvalue weighted by atomic mass is 10.1. The van der Waals surface area contributed by atoms with E-state index in [0.717, 1.165) is 5.56 Å². The Balaban J connectivity index is 2.45. The molecule has 0 fully saturated rings. The van der Waals surface area contributed by atoms with Crippen LogP contribution in [0.1, 0.15) is 34.3 Å². The summed E-state index contributed by atoms with van der Waals surface area (Å²) < 4.78 is 24.5. The molecular formula is C10H8F2O.